The maximum Gasteiger partial charge on any atom is 0.270 e. The minimum absolute atomic E-state index is 0.169. The summed E-state index contributed by atoms with van der Waals surface area (Å²) in [7, 11) is 0. The molecule has 1 aromatic carbocycles. The number of benzene rings is 1. The van der Waals surface area contributed by atoms with Gasteiger partial charge in [-0.1, -0.05) is 15.9 Å². The number of nitrogens with one attached hydrogen (secondary N) is 1. The van der Waals surface area contributed by atoms with Crippen molar-refractivity contribution in [3.05, 3.63) is 38.3 Å². The van der Waals surface area contributed by atoms with E-state index in [1.807, 2.05) is 6.07 Å². The molecular weight excluding hydrogens is 272 g/mol. The van der Waals surface area contributed by atoms with Crippen molar-refractivity contribution >= 4 is 21.6 Å². The van der Waals surface area contributed by atoms with Gasteiger partial charge in [0.1, 0.15) is 0 Å². The van der Waals surface area contributed by atoms with Gasteiger partial charge in [0.2, 0.25) is 0 Å². The molecule has 5 heteroatoms. The molecule has 2 rings (SSSR count). The lowest BCUT2D eigenvalue weighted by molar-refractivity contribution is -0.385. The Morgan fingerprint density at radius 1 is 1.31 bits per heavy atom. The summed E-state index contributed by atoms with van der Waals surface area (Å²) in [6.07, 6.45) is 2.10. The van der Waals surface area contributed by atoms with E-state index in [-0.39, 0.29) is 10.6 Å². The van der Waals surface area contributed by atoms with Crippen molar-refractivity contribution in [3.63, 3.8) is 0 Å². The zero-order valence-corrected chi connectivity index (χ0v) is 10.4. The summed E-state index contributed by atoms with van der Waals surface area (Å²) in [5.74, 6) is 0.442. The van der Waals surface area contributed by atoms with Crippen LogP contribution in [0.25, 0.3) is 0 Å². The first-order valence-corrected chi connectivity index (χ1v) is 6.12. The van der Waals surface area contributed by atoms with E-state index in [4.69, 9.17) is 0 Å². The van der Waals surface area contributed by atoms with Crippen molar-refractivity contribution in [2.75, 3.05) is 13.1 Å². The van der Waals surface area contributed by atoms with Crippen molar-refractivity contribution in [2.45, 2.75) is 18.8 Å². The van der Waals surface area contributed by atoms with Gasteiger partial charge in [-0.3, -0.25) is 10.1 Å². The average molecular weight is 285 g/mol. The predicted molar refractivity (Wildman–Crippen MR) is 65.6 cm³/mol. The molecule has 0 atom stereocenters. The van der Waals surface area contributed by atoms with Crippen LogP contribution < -0.4 is 5.32 Å². The highest BCUT2D eigenvalue weighted by molar-refractivity contribution is 9.10. The summed E-state index contributed by atoms with van der Waals surface area (Å²) >= 11 is 3.33. The Balaban J connectivity index is 2.28. The molecule has 1 heterocycles. The van der Waals surface area contributed by atoms with Crippen LogP contribution in [0.3, 0.4) is 0 Å². The monoisotopic (exact) mass is 284 g/mol. The number of rotatable bonds is 2. The average Bonchev–Trinajstić information content (AvgIpc) is 2.29. The topological polar surface area (TPSA) is 55.2 Å². The smallest absolute Gasteiger partial charge is 0.270 e. The molecule has 0 aliphatic carbocycles. The van der Waals surface area contributed by atoms with Gasteiger partial charge in [-0.2, -0.15) is 0 Å². The van der Waals surface area contributed by atoms with Crippen LogP contribution in [0.5, 0.6) is 0 Å². The third kappa shape index (κ3) is 2.59. The molecule has 0 bridgehead atoms. The Morgan fingerprint density at radius 3 is 2.62 bits per heavy atom. The van der Waals surface area contributed by atoms with Gasteiger partial charge in [-0.15, -0.1) is 0 Å². The SMILES string of the molecule is O=[N+]([O-])c1cc(Br)cc(C2CCNCC2)c1. The second-order valence-electron chi connectivity index (χ2n) is 4.02. The fourth-order valence-electron chi connectivity index (χ4n) is 2.09. The van der Waals surface area contributed by atoms with Gasteiger partial charge in [-0.25, -0.2) is 0 Å². The van der Waals surface area contributed by atoms with Crippen LogP contribution in [0.2, 0.25) is 0 Å². The molecule has 0 aromatic heterocycles. The second-order valence-corrected chi connectivity index (χ2v) is 4.94. The largest absolute Gasteiger partial charge is 0.317 e. The Labute approximate surface area is 102 Å². The minimum Gasteiger partial charge on any atom is -0.317 e. The van der Waals surface area contributed by atoms with Crippen molar-refractivity contribution in [2.24, 2.45) is 0 Å². The molecule has 0 radical (unpaired) electrons. The van der Waals surface area contributed by atoms with Gasteiger partial charge in [-0.05, 0) is 43.5 Å². The summed E-state index contributed by atoms with van der Waals surface area (Å²) in [5.41, 5.74) is 1.24. The molecule has 1 aromatic rings. The van der Waals surface area contributed by atoms with Crippen LogP contribution in [0.4, 0.5) is 5.69 Å². The van der Waals surface area contributed by atoms with E-state index in [1.165, 1.54) is 0 Å². The summed E-state index contributed by atoms with van der Waals surface area (Å²) in [6, 6.07) is 5.23. The number of nitro benzene ring substituents is 1. The molecule has 4 nitrogen and oxygen atoms in total. The summed E-state index contributed by atoms with van der Waals surface area (Å²) < 4.78 is 0.787. The first-order chi connectivity index (χ1) is 7.66. The first-order valence-electron chi connectivity index (χ1n) is 5.32. The van der Waals surface area contributed by atoms with E-state index in [9.17, 15) is 10.1 Å². The van der Waals surface area contributed by atoms with E-state index in [0.717, 1.165) is 36.0 Å². The fraction of sp³-hybridized carbons (Fsp3) is 0.455. The molecule has 0 spiro atoms. The van der Waals surface area contributed by atoms with Crippen LogP contribution in [-0.2, 0) is 0 Å². The summed E-state index contributed by atoms with van der Waals surface area (Å²) in [4.78, 5) is 10.4. The lowest BCUT2D eigenvalue weighted by Crippen LogP contribution is -2.26. The van der Waals surface area contributed by atoms with Crippen molar-refractivity contribution in [1.82, 2.24) is 5.32 Å². The van der Waals surface area contributed by atoms with E-state index < -0.39 is 0 Å². The molecular formula is C11H13BrN2O2. The maximum absolute atomic E-state index is 10.8. The van der Waals surface area contributed by atoms with Gasteiger partial charge in [0.25, 0.3) is 5.69 Å². The number of nitro groups is 1. The maximum atomic E-state index is 10.8. The van der Waals surface area contributed by atoms with Gasteiger partial charge < -0.3 is 5.32 Å². The van der Waals surface area contributed by atoms with E-state index >= 15 is 0 Å². The Hall–Kier alpha value is -0.940. The number of piperidine rings is 1. The van der Waals surface area contributed by atoms with E-state index in [2.05, 4.69) is 21.2 Å². The van der Waals surface area contributed by atoms with Gasteiger partial charge >= 0.3 is 0 Å². The number of hydrogen-bond acceptors (Lipinski definition) is 3. The minimum atomic E-state index is -0.338. The summed E-state index contributed by atoms with van der Waals surface area (Å²) in [6.45, 7) is 1.98. The van der Waals surface area contributed by atoms with E-state index in [0.29, 0.717) is 5.92 Å². The Morgan fingerprint density at radius 2 is 2.00 bits per heavy atom. The fourth-order valence-corrected chi connectivity index (χ4v) is 2.59. The van der Waals surface area contributed by atoms with Crippen LogP contribution in [0.1, 0.15) is 24.3 Å². The molecule has 86 valence electrons. The highest BCUT2D eigenvalue weighted by Crippen LogP contribution is 2.30. The Bertz CT molecular complexity index is 403. The van der Waals surface area contributed by atoms with Crippen LogP contribution in [0, 0.1) is 10.1 Å². The molecule has 0 saturated carbocycles. The molecule has 0 amide bonds. The highest BCUT2D eigenvalue weighted by atomic mass is 79.9. The third-order valence-electron chi connectivity index (χ3n) is 2.93. The number of non-ortho nitro benzene ring substituents is 1. The van der Waals surface area contributed by atoms with Crippen LogP contribution in [-0.4, -0.2) is 18.0 Å². The Kier molecular flexibility index (Phi) is 3.56. The van der Waals surface area contributed by atoms with Gasteiger partial charge in [0, 0.05) is 16.6 Å². The van der Waals surface area contributed by atoms with Gasteiger partial charge in [0.05, 0.1) is 4.92 Å². The van der Waals surface area contributed by atoms with Crippen LogP contribution >= 0.6 is 15.9 Å². The highest BCUT2D eigenvalue weighted by Gasteiger charge is 2.18. The van der Waals surface area contributed by atoms with E-state index in [1.54, 1.807) is 12.1 Å². The summed E-state index contributed by atoms with van der Waals surface area (Å²) in [5, 5.41) is 14.1. The van der Waals surface area contributed by atoms with Crippen molar-refractivity contribution < 1.29 is 4.92 Å². The normalized spacial score (nSPS) is 17.3. The number of nitrogens with zero attached hydrogens (tertiary/aromatic N) is 1. The standard InChI is InChI=1S/C11H13BrN2O2/c12-10-5-9(6-11(7-10)14(15)16)8-1-3-13-4-2-8/h5-8,13H,1-4H2. The molecule has 1 N–H and O–H groups in total. The molecule has 1 aliphatic heterocycles. The molecule has 1 aliphatic rings. The van der Waals surface area contributed by atoms with Crippen molar-refractivity contribution in [3.8, 4) is 0 Å². The van der Waals surface area contributed by atoms with Gasteiger partial charge in [0.15, 0.2) is 0 Å². The molecule has 16 heavy (non-hydrogen) atoms. The number of hydrogen-bond donors (Lipinski definition) is 1. The van der Waals surface area contributed by atoms with Crippen molar-refractivity contribution in [1.29, 1.82) is 0 Å². The lowest BCUT2D eigenvalue weighted by atomic mass is 9.90. The lowest BCUT2D eigenvalue weighted by Gasteiger charge is -2.22. The number of halogens is 1. The third-order valence-corrected chi connectivity index (χ3v) is 3.38. The van der Waals surface area contributed by atoms with Crippen LogP contribution in [0.15, 0.2) is 22.7 Å². The molecule has 0 unspecified atom stereocenters. The zero-order chi connectivity index (χ0) is 11.5. The first kappa shape index (κ1) is 11.5. The zero-order valence-electron chi connectivity index (χ0n) is 8.78. The predicted octanol–water partition coefficient (Wildman–Crippen LogP) is 2.82. The quantitative estimate of drug-likeness (QED) is 0.671. The second kappa shape index (κ2) is 4.93. The molecule has 1 fully saturated rings. The molecule has 1 saturated heterocycles.